The summed E-state index contributed by atoms with van der Waals surface area (Å²) >= 11 is 18.5. The molecule has 0 bridgehead atoms. The molecule has 1 aromatic carbocycles. The lowest BCUT2D eigenvalue weighted by atomic mass is 10.1. The first-order valence-electron chi connectivity index (χ1n) is 7.38. The predicted molar refractivity (Wildman–Crippen MR) is 97.3 cm³/mol. The molecule has 25 heavy (non-hydrogen) atoms. The molecule has 0 saturated carbocycles. The van der Waals surface area contributed by atoms with Crippen LogP contribution < -0.4 is 10.1 Å². The van der Waals surface area contributed by atoms with Crippen LogP contribution in [-0.4, -0.2) is 23.3 Å². The Morgan fingerprint density at radius 1 is 1.20 bits per heavy atom. The Kier molecular flexibility index (Phi) is 4.91. The van der Waals surface area contributed by atoms with Gasteiger partial charge in [-0.25, -0.2) is 0 Å². The van der Waals surface area contributed by atoms with Crippen molar-refractivity contribution in [3.63, 3.8) is 0 Å². The largest absolute Gasteiger partial charge is 0.482 e. The van der Waals surface area contributed by atoms with E-state index in [2.05, 4.69) is 10.3 Å². The Morgan fingerprint density at radius 3 is 2.48 bits per heavy atom. The number of rotatable bonds is 4. The fourth-order valence-electron chi connectivity index (χ4n) is 2.58. The summed E-state index contributed by atoms with van der Waals surface area (Å²) in [4.78, 5) is 28.1. The van der Waals surface area contributed by atoms with E-state index in [1.165, 1.54) is 0 Å². The first-order chi connectivity index (χ1) is 11.8. The van der Waals surface area contributed by atoms with Gasteiger partial charge in [0.2, 0.25) is 11.7 Å². The Bertz CT molecular complexity index is 886. The van der Waals surface area contributed by atoms with Crippen LogP contribution in [0, 0.1) is 13.8 Å². The number of amides is 1. The average molecular weight is 400 g/mol. The number of ether oxygens (including phenoxy) is 1. The molecular weight excluding hydrogens is 387 g/mol. The molecule has 8 heteroatoms. The summed E-state index contributed by atoms with van der Waals surface area (Å²) < 4.78 is 5.55. The van der Waals surface area contributed by atoms with Gasteiger partial charge in [-0.1, -0.05) is 34.8 Å². The lowest BCUT2D eigenvalue weighted by Crippen LogP contribution is -2.13. The van der Waals surface area contributed by atoms with Crippen LogP contribution in [0.15, 0.2) is 12.1 Å². The molecule has 0 fully saturated rings. The third kappa shape index (κ3) is 3.45. The van der Waals surface area contributed by atoms with Gasteiger partial charge in [0.1, 0.15) is 10.0 Å². The zero-order chi connectivity index (χ0) is 18.3. The summed E-state index contributed by atoms with van der Waals surface area (Å²) in [5.74, 6) is -0.254. The molecule has 1 N–H and O–H groups in total. The standard InChI is InChI=1S/C17H13Cl3N2O3/c1-7-15(19)17(16(20)8(2)21-7)25-6-13(23)10-3-9-4-14(24)22-12(9)5-11(10)18/h3,5H,4,6H2,1-2H3,(H,22,24). The molecule has 0 aliphatic carbocycles. The van der Waals surface area contributed by atoms with Gasteiger partial charge in [-0.05, 0) is 31.5 Å². The van der Waals surface area contributed by atoms with Gasteiger partial charge < -0.3 is 10.1 Å². The Labute approximate surface area is 159 Å². The third-order valence-electron chi connectivity index (χ3n) is 3.84. The highest BCUT2D eigenvalue weighted by molar-refractivity contribution is 6.38. The molecular formula is C17H13Cl3N2O3. The first-order valence-corrected chi connectivity index (χ1v) is 8.51. The highest BCUT2D eigenvalue weighted by atomic mass is 35.5. The van der Waals surface area contributed by atoms with E-state index in [9.17, 15) is 9.59 Å². The molecule has 0 atom stereocenters. The van der Waals surface area contributed by atoms with Crippen molar-refractivity contribution in [2.45, 2.75) is 20.3 Å². The monoisotopic (exact) mass is 398 g/mol. The number of carbonyl (C=O) groups is 2. The van der Waals surface area contributed by atoms with Crippen molar-refractivity contribution >= 4 is 52.2 Å². The number of pyridine rings is 1. The average Bonchev–Trinajstić information content (AvgIpc) is 2.91. The van der Waals surface area contributed by atoms with Crippen LogP contribution in [0.3, 0.4) is 0 Å². The predicted octanol–water partition coefficient (Wildman–Crippen LogP) is 4.41. The summed E-state index contributed by atoms with van der Waals surface area (Å²) in [7, 11) is 0. The van der Waals surface area contributed by atoms with E-state index in [1.807, 2.05) is 0 Å². The fraction of sp³-hybridized carbons (Fsp3) is 0.235. The molecule has 0 unspecified atom stereocenters. The van der Waals surface area contributed by atoms with Gasteiger partial charge in [-0.3, -0.25) is 14.6 Å². The summed E-state index contributed by atoms with van der Waals surface area (Å²) in [6, 6.07) is 3.17. The maximum atomic E-state index is 12.5. The van der Waals surface area contributed by atoms with Gasteiger partial charge in [0.05, 0.1) is 22.8 Å². The molecule has 1 aliphatic heterocycles. The van der Waals surface area contributed by atoms with Crippen molar-refractivity contribution in [1.82, 2.24) is 4.98 Å². The number of nitrogens with one attached hydrogen (secondary N) is 1. The van der Waals surface area contributed by atoms with E-state index in [0.717, 1.165) is 5.56 Å². The Hall–Kier alpha value is -1.82. The molecule has 0 radical (unpaired) electrons. The van der Waals surface area contributed by atoms with Gasteiger partial charge in [0.15, 0.2) is 12.4 Å². The normalized spacial score (nSPS) is 12.8. The lowest BCUT2D eigenvalue weighted by Gasteiger charge is -2.13. The number of hydrogen-bond acceptors (Lipinski definition) is 4. The second kappa shape index (κ2) is 6.83. The number of benzene rings is 1. The molecule has 3 rings (SSSR count). The van der Waals surface area contributed by atoms with Crippen molar-refractivity contribution in [2.75, 3.05) is 11.9 Å². The first kappa shape index (κ1) is 18.0. The minimum Gasteiger partial charge on any atom is -0.482 e. The quantitative estimate of drug-likeness (QED) is 0.773. The van der Waals surface area contributed by atoms with Crippen molar-refractivity contribution in [1.29, 1.82) is 0 Å². The number of ketones is 1. The summed E-state index contributed by atoms with van der Waals surface area (Å²) in [5.41, 5.74) is 2.76. The smallest absolute Gasteiger partial charge is 0.228 e. The number of Topliss-reactive ketones (excluding diaryl/α,β-unsaturated/α-hetero) is 1. The number of anilines is 1. The van der Waals surface area contributed by atoms with Crippen LogP contribution in [0.25, 0.3) is 0 Å². The van der Waals surface area contributed by atoms with Crippen LogP contribution in [0.5, 0.6) is 5.75 Å². The number of halogens is 3. The minimum absolute atomic E-state index is 0.131. The van der Waals surface area contributed by atoms with Crippen molar-refractivity contribution in [3.8, 4) is 5.75 Å². The zero-order valence-electron chi connectivity index (χ0n) is 13.4. The van der Waals surface area contributed by atoms with Crippen molar-refractivity contribution in [3.05, 3.63) is 49.7 Å². The SMILES string of the molecule is Cc1nc(C)c(Cl)c(OCC(=O)c2cc3c(cc2Cl)NC(=O)C3)c1Cl. The molecule has 1 aliphatic rings. The minimum atomic E-state index is -0.341. The topological polar surface area (TPSA) is 68.3 Å². The second-order valence-electron chi connectivity index (χ2n) is 5.67. The molecule has 1 amide bonds. The Morgan fingerprint density at radius 2 is 1.84 bits per heavy atom. The Balaban J connectivity index is 1.83. The molecule has 0 spiro atoms. The van der Waals surface area contributed by atoms with Crippen LogP contribution in [0.2, 0.25) is 15.1 Å². The second-order valence-corrected chi connectivity index (χ2v) is 6.83. The summed E-state index contributed by atoms with van der Waals surface area (Å²) in [6.07, 6.45) is 0.216. The molecule has 5 nitrogen and oxygen atoms in total. The molecule has 1 aromatic heterocycles. The van der Waals surface area contributed by atoms with Gasteiger partial charge >= 0.3 is 0 Å². The van der Waals surface area contributed by atoms with Crippen LogP contribution in [0.1, 0.15) is 27.3 Å². The number of aryl methyl sites for hydroxylation is 2. The summed E-state index contributed by atoms with van der Waals surface area (Å²) in [6.45, 7) is 3.16. The fourth-order valence-corrected chi connectivity index (χ4v) is 3.28. The molecule has 0 saturated heterocycles. The van der Waals surface area contributed by atoms with Crippen molar-refractivity contribution in [2.24, 2.45) is 0 Å². The number of carbonyl (C=O) groups excluding carboxylic acids is 2. The van der Waals surface area contributed by atoms with Gasteiger partial charge in [-0.15, -0.1) is 0 Å². The number of hydrogen-bond donors (Lipinski definition) is 1. The van der Waals surface area contributed by atoms with Gasteiger partial charge in [-0.2, -0.15) is 0 Å². The highest BCUT2D eigenvalue weighted by Crippen LogP contribution is 2.36. The van der Waals surface area contributed by atoms with E-state index in [4.69, 9.17) is 39.5 Å². The molecule has 2 aromatic rings. The number of fused-ring (bicyclic) bond motifs is 1. The maximum absolute atomic E-state index is 12.5. The van der Waals surface area contributed by atoms with E-state index >= 15 is 0 Å². The van der Waals surface area contributed by atoms with E-state index in [1.54, 1.807) is 26.0 Å². The molecule has 130 valence electrons. The highest BCUT2D eigenvalue weighted by Gasteiger charge is 2.23. The van der Waals surface area contributed by atoms with Crippen molar-refractivity contribution < 1.29 is 14.3 Å². The van der Waals surface area contributed by atoms with E-state index in [0.29, 0.717) is 17.1 Å². The third-order valence-corrected chi connectivity index (χ3v) is 5.04. The summed E-state index contributed by atoms with van der Waals surface area (Å²) in [5, 5.41) is 3.45. The van der Waals surface area contributed by atoms with E-state index < -0.39 is 0 Å². The van der Waals surface area contributed by atoms with Gasteiger partial charge in [0, 0.05) is 11.3 Å². The van der Waals surface area contributed by atoms with Crippen LogP contribution >= 0.6 is 34.8 Å². The molecule has 2 heterocycles. The van der Waals surface area contributed by atoms with E-state index in [-0.39, 0.29) is 51.1 Å². The number of nitrogens with zero attached hydrogens (tertiary/aromatic N) is 1. The lowest BCUT2D eigenvalue weighted by molar-refractivity contribution is -0.115. The van der Waals surface area contributed by atoms with Gasteiger partial charge in [0.25, 0.3) is 0 Å². The number of aromatic nitrogens is 1. The van der Waals surface area contributed by atoms with Crippen LogP contribution in [0.4, 0.5) is 5.69 Å². The zero-order valence-corrected chi connectivity index (χ0v) is 15.6. The van der Waals surface area contributed by atoms with Crippen LogP contribution in [-0.2, 0) is 11.2 Å². The maximum Gasteiger partial charge on any atom is 0.228 e.